The van der Waals surface area contributed by atoms with Crippen molar-refractivity contribution >= 4 is 18.3 Å². The first kappa shape index (κ1) is 11.5. The second-order valence-corrected chi connectivity index (χ2v) is 2.78. The summed E-state index contributed by atoms with van der Waals surface area (Å²) in [5.41, 5.74) is 7.41. The number of amides is 4. The van der Waals surface area contributed by atoms with Gasteiger partial charge < -0.3 is 10.8 Å². The number of aromatic hydroxyl groups is 1. The smallest absolute Gasteiger partial charge is 0.343 e. The Bertz CT molecular complexity index is 413. The SMILES string of the molecule is NC(=O)NC(=O)N/N=C/c1ccc(O)cc1. The van der Waals surface area contributed by atoms with Crippen molar-refractivity contribution in [1.29, 1.82) is 0 Å². The number of phenolic OH excluding ortho intramolecular Hbond substituents is 1. The fourth-order valence-corrected chi connectivity index (χ4v) is 0.866. The van der Waals surface area contributed by atoms with E-state index in [1.54, 1.807) is 17.4 Å². The van der Waals surface area contributed by atoms with E-state index in [1.165, 1.54) is 18.3 Å². The molecule has 1 rings (SSSR count). The van der Waals surface area contributed by atoms with Gasteiger partial charge >= 0.3 is 12.1 Å². The molecule has 0 bridgehead atoms. The molecule has 1 aromatic rings. The number of nitrogens with zero attached hydrogens (tertiary/aromatic N) is 1. The minimum atomic E-state index is -0.961. The van der Waals surface area contributed by atoms with Crippen LogP contribution in [0.15, 0.2) is 29.4 Å². The van der Waals surface area contributed by atoms with E-state index < -0.39 is 12.1 Å². The van der Waals surface area contributed by atoms with Gasteiger partial charge in [-0.25, -0.2) is 15.0 Å². The number of rotatable bonds is 2. The summed E-state index contributed by atoms with van der Waals surface area (Å²) >= 11 is 0. The molecule has 1 aromatic carbocycles. The number of hydrogen-bond acceptors (Lipinski definition) is 4. The van der Waals surface area contributed by atoms with Crippen molar-refractivity contribution in [3.05, 3.63) is 29.8 Å². The highest BCUT2D eigenvalue weighted by atomic mass is 16.3. The number of urea groups is 2. The molecule has 5 N–H and O–H groups in total. The summed E-state index contributed by atoms with van der Waals surface area (Å²) in [6.45, 7) is 0. The molecule has 0 unspecified atom stereocenters. The maximum Gasteiger partial charge on any atom is 0.343 e. The summed E-state index contributed by atoms with van der Waals surface area (Å²) in [7, 11) is 0. The van der Waals surface area contributed by atoms with Crippen molar-refractivity contribution < 1.29 is 14.7 Å². The molecule has 7 nitrogen and oxygen atoms in total. The lowest BCUT2D eigenvalue weighted by Crippen LogP contribution is -2.40. The second-order valence-electron chi connectivity index (χ2n) is 2.78. The summed E-state index contributed by atoms with van der Waals surface area (Å²) in [6.07, 6.45) is 1.35. The first-order valence-corrected chi connectivity index (χ1v) is 4.26. The van der Waals surface area contributed by atoms with Crippen LogP contribution in [-0.4, -0.2) is 23.4 Å². The van der Waals surface area contributed by atoms with E-state index in [-0.39, 0.29) is 5.75 Å². The van der Waals surface area contributed by atoms with Crippen molar-refractivity contribution in [3.63, 3.8) is 0 Å². The van der Waals surface area contributed by atoms with Gasteiger partial charge in [0, 0.05) is 0 Å². The number of phenols is 1. The third-order valence-corrected chi connectivity index (χ3v) is 1.51. The fraction of sp³-hybridized carbons (Fsp3) is 0. The molecule has 84 valence electrons. The Balaban J connectivity index is 2.45. The second kappa shape index (κ2) is 5.35. The molecule has 16 heavy (non-hydrogen) atoms. The predicted molar refractivity (Wildman–Crippen MR) is 57.0 cm³/mol. The van der Waals surface area contributed by atoms with Crippen molar-refractivity contribution in [3.8, 4) is 5.75 Å². The van der Waals surface area contributed by atoms with E-state index in [0.717, 1.165) is 0 Å². The Hall–Kier alpha value is -2.57. The van der Waals surface area contributed by atoms with Crippen LogP contribution in [0.25, 0.3) is 0 Å². The van der Waals surface area contributed by atoms with Crippen LogP contribution in [0.5, 0.6) is 5.75 Å². The quantitative estimate of drug-likeness (QED) is 0.420. The number of imide groups is 1. The van der Waals surface area contributed by atoms with Gasteiger partial charge in [-0.3, -0.25) is 5.32 Å². The van der Waals surface area contributed by atoms with Gasteiger partial charge in [-0.05, 0) is 29.8 Å². The Morgan fingerprint density at radius 2 is 1.94 bits per heavy atom. The van der Waals surface area contributed by atoms with Crippen LogP contribution in [0.1, 0.15) is 5.56 Å². The van der Waals surface area contributed by atoms with Gasteiger partial charge in [0.25, 0.3) is 0 Å². The van der Waals surface area contributed by atoms with Crippen LogP contribution in [0.2, 0.25) is 0 Å². The van der Waals surface area contributed by atoms with Crippen LogP contribution in [0.4, 0.5) is 9.59 Å². The number of hydrazone groups is 1. The number of nitrogens with two attached hydrogens (primary N) is 1. The average molecular weight is 222 g/mol. The van der Waals surface area contributed by atoms with Gasteiger partial charge in [-0.1, -0.05) is 0 Å². The lowest BCUT2D eigenvalue weighted by molar-refractivity contribution is 0.232. The highest BCUT2D eigenvalue weighted by molar-refractivity contribution is 5.93. The summed E-state index contributed by atoms with van der Waals surface area (Å²) in [5, 5.41) is 14.3. The van der Waals surface area contributed by atoms with Crippen LogP contribution in [0.3, 0.4) is 0 Å². The molecule has 0 aliphatic heterocycles. The topological polar surface area (TPSA) is 117 Å². The standard InChI is InChI=1S/C9H10N4O3/c10-8(15)12-9(16)13-11-5-6-1-3-7(14)4-2-6/h1-5,14H,(H4,10,12,13,15,16)/b11-5+. The molecule has 0 radical (unpaired) electrons. The third kappa shape index (κ3) is 4.09. The van der Waals surface area contributed by atoms with Gasteiger partial charge in [0.1, 0.15) is 5.75 Å². The fourth-order valence-electron chi connectivity index (χ4n) is 0.866. The minimum absolute atomic E-state index is 0.136. The maximum absolute atomic E-state index is 10.8. The number of primary amides is 1. The van der Waals surface area contributed by atoms with Crippen LogP contribution in [0, 0.1) is 0 Å². The van der Waals surface area contributed by atoms with Crippen LogP contribution in [-0.2, 0) is 0 Å². The molecular weight excluding hydrogens is 212 g/mol. The number of hydrogen-bond donors (Lipinski definition) is 4. The zero-order valence-corrected chi connectivity index (χ0v) is 8.18. The lowest BCUT2D eigenvalue weighted by atomic mass is 10.2. The average Bonchev–Trinajstić information content (AvgIpc) is 2.20. The molecule has 0 aliphatic rings. The first-order valence-electron chi connectivity index (χ1n) is 4.26. The summed E-state index contributed by atoms with van der Waals surface area (Å²) in [4.78, 5) is 21.1. The number of carbonyl (C=O) groups excluding carboxylic acids is 2. The summed E-state index contributed by atoms with van der Waals surface area (Å²) in [6, 6.07) is 4.38. The van der Waals surface area contributed by atoms with Gasteiger partial charge in [-0.2, -0.15) is 5.10 Å². The Morgan fingerprint density at radius 3 is 2.50 bits per heavy atom. The van der Waals surface area contributed by atoms with E-state index in [2.05, 4.69) is 5.10 Å². The molecule has 0 aromatic heterocycles. The molecule has 4 amide bonds. The Morgan fingerprint density at radius 1 is 1.31 bits per heavy atom. The monoisotopic (exact) mass is 222 g/mol. The highest BCUT2D eigenvalue weighted by Gasteiger charge is 1.99. The molecule has 7 heteroatoms. The van der Waals surface area contributed by atoms with Crippen LogP contribution >= 0.6 is 0 Å². The normalized spacial score (nSPS) is 10.0. The number of carbonyl (C=O) groups is 2. The number of nitrogens with one attached hydrogen (secondary N) is 2. The first-order chi connectivity index (χ1) is 7.58. The molecule has 0 heterocycles. The largest absolute Gasteiger partial charge is 0.508 e. The van der Waals surface area contributed by atoms with Crippen molar-refractivity contribution in [2.24, 2.45) is 10.8 Å². The van der Waals surface area contributed by atoms with Crippen LogP contribution < -0.4 is 16.5 Å². The third-order valence-electron chi connectivity index (χ3n) is 1.51. The summed E-state index contributed by atoms with van der Waals surface area (Å²) < 4.78 is 0. The molecule has 0 aliphatic carbocycles. The minimum Gasteiger partial charge on any atom is -0.508 e. The predicted octanol–water partition coefficient (Wildman–Crippen LogP) is 0.104. The lowest BCUT2D eigenvalue weighted by Gasteiger charge is -1.98. The Kier molecular flexibility index (Phi) is 3.84. The molecule has 0 fully saturated rings. The van der Waals surface area contributed by atoms with Crippen molar-refractivity contribution in [2.75, 3.05) is 0 Å². The van der Waals surface area contributed by atoms with E-state index in [9.17, 15) is 9.59 Å². The molecule has 0 atom stereocenters. The van der Waals surface area contributed by atoms with E-state index in [0.29, 0.717) is 5.56 Å². The Labute approximate surface area is 90.9 Å². The van der Waals surface area contributed by atoms with Gasteiger partial charge in [0.15, 0.2) is 0 Å². The molecule has 0 saturated heterocycles. The molecule has 0 saturated carbocycles. The van der Waals surface area contributed by atoms with Crippen molar-refractivity contribution in [2.45, 2.75) is 0 Å². The maximum atomic E-state index is 10.8. The number of benzene rings is 1. The van der Waals surface area contributed by atoms with Gasteiger partial charge in [0.2, 0.25) is 0 Å². The van der Waals surface area contributed by atoms with E-state index in [1.807, 2.05) is 5.43 Å². The zero-order chi connectivity index (χ0) is 12.0. The molecular formula is C9H10N4O3. The molecule has 0 spiro atoms. The highest BCUT2D eigenvalue weighted by Crippen LogP contribution is 2.07. The van der Waals surface area contributed by atoms with Gasteiger partial charge in [-0.15, -0.1) is 0 Å². The van der Waals surface area contributed by atoms with E-state index in [4.69, 9.17) is 10.8 Å². The zero-order valence-electron chi connectivity index (χ0n) is 8.18. The van der Waals surface area contributed by atoms with Gasteiger partial charge in [0.05, 0.1) is 6.21 Å². The van der Waals surface area contributed by atoms with Crippen molar-refractivity contribution in [1.82, 2.24) is 10.7 Å². The van der Waals surface area contributed by atoms with E-state index >= 15 is 0 Å². The summed E-state index contributed by atoms with van der Waals surface area (Å²) in [5.74, 6) is 0.136.